The molecule has 5 rings (SSSR count). The molecule has 2 aromatic rings. The maximum absolute atomic E-state index is 13.2. The highest BCUT2D eigenvalue weighted by Gasteiger charge is 2.41. The number of hydrogen-bond donors (Lipinski definition) is 0. The molecule has 32 heavy (non-hydrogen) atoms. The molecule has 2 fully saturated rings. The van der Waals surface area contributed by atoms with Gasteiger partial charge in [0.05, 0.1) is 31.9 Å². The minimum absolute atomic E-state index is 0.0338. The Morgan fingerprint density at radius 1 is 0.969 bits per heavy atom. The van der Waals surface area contributed by atoms with Gasteiger partial charge in [0, 0.05) is 12.0 Å². The van der Waals surface area contributed by atoms with Crippen molar-refractivity contribution < 1.29 is 23.8 Å². The molecule has 1 amide bonds. The van der Waals surface area contributed by atoms with Crippen molar-refractivity contribution in [2.75, 3.05) is 26.4 Å². The Bertz CT molecular complexity index is 1000. The lowest BCUT2D eigenvalue weighted by Gasteiger charge is -2.45. The van der Waals surface area contributed by atoms with Crippen LogP contribution < -0.4 is 0 Å². The molecular formula is C26H27NO5. The minimum Gasteiger partial charge on any atom is -0.463 e. The summed E-state index contributed by atoms with van der Waals surface area (Å²) in [4.78, 5) is 26.8. The van der Waals surface area contributed by atoms with Crippen molar-refractivity contribution in [2.45, 2.75) is 37.8 Å². The Hall–Kier alpha value is -3.12. The second-order valence-electron chi connectivity index (χ2n) is 8.52. The summed E-state index contributed by atoms with van der Waals surface area (Å²) < 4.78 is 16.6. The van der Waals surface area contributed by atoms with E-state index in [2.05, 4.69) is 24.3 Å². The Morgan fingerprint density at radius 2 is 1.56 bits per heavy atom. The van der Waals surface area contributed by atoms with E-state index in [1.165, 1.54) is 22.3 Å². The minimum atomic E-state index is -0.323. The number of benzene rings is 2. The summed E-state index contributed by atoms with van der Waals surface area (Å²) in [7, 11) is 0. The molecule has 2 saturated heterocycles. The summed E-state index contributed by atoms with van der Waals surface area (Å²) in [5.41, 5.74) is 5.82. The lowest BCUT2D eigenvalue weighted by Crippen LogP contribution is -2.58. The highest BCUT2D eigenvalue weighted by Crippen LogP contribution is 2.44. The number of amides is 1. The van der Waals surface area contributed by atoms with E-state index in [-0.39, 0.29) is 30.1 Å². The standard InChI is InChI=1S/C26H27NO5/c1-2-31-25(28)13-17-11-18-14-30-15-19(12-17)27(18)26(29)32-16-24-22-9-5-3-7-20(22)21-8-4-6-10-23(21)24/h3-10,13,18-19,24H,2,11-12,14-16H2,1H3. The van der Waals surface area contributed by atoms with Crippen LogP contribution in [0.4, 0.5) is 4.79 Å². The smallest absolute Gasteiger partial charge is 0.410 e. The van der Waals surface area contributed by atoms with E-state index < -0.39 is 0 Å². The van der Waals surface area contributed by atoms with Gasteiger partial charge in [0.25, 0.3) is 0 Å². The number of fused-ring (bicyclic) bond motifs is 5. The van der Waals surface area contributed by atoms with E-state index in [4.69, 9.17) is 14.2 Å². The number of rotatable bonds is 4. The average Bonchev–Trinajstić information content (AvgIpc) is 3.11. The fourth-order valence-electron chi connectivity index (χ4n) is 5.24. The summed E-state index contributed by atoms with van der Waals surface area (Å²) in [5, 5.41) is 0. The van der Waals surface area contributed by atoms with Crippen LogP contribution in [0.3, 0.4) is 0 Å². The number of carbonyl (C=O) groups is 2. The van der Waals surface area contributed by atoms with E-state index in [0.717, 1.165) is 5.57 Å². The maximum Gasteiger partial charge on any atom is 0.410 e. The molecule has 0 aromatic heterocycles. The van der Waals surface area contributed by atoms with Crippen molar-refractivity contribution in [3.05, 3.63) is 71.3 Å². The molecule has 2 bridgehead atoms. The lowest BCUT2D eigenvalue weighted by molar-refractivity contribution is -0.137. The monoisotopic (exact) mass is 433 g/mol. The second kappa shape index (κ2) is 8.79. The van der Waals surface area contributed by atoms with Gasteiger partial charge >= 0.3 is 12.1 Å². The van der Waals surface area contributed by atoms with Crippen LogP contribution in [-0.2, 0) is 19.0 Å². The molecule has 3 aliphatic rings. The van der Waals surface area contributed by atoms with Crippen LogP contribution in [0.1, 0.15) is 36.8 Å². The van der Waals surface area contributed by atoms with Gasteiger partial charge < -0.3 is 14.2 Å². The number of morpholine rings is 1. The Labute approximate surface area is 187 Å². The molecule has 2 atom stereocenters. The number of piperidine rings is 1. The van der Waals surface area contributed by atoms with Crippen molar-refractivity contribution in [3.8, 4) is 11.1 Å². The normalized spacial score (nSPS) is 21.5. The number of nitrogens with zero attached hydrogens (tertiary/aromatic N) is 1. The molecular weight excluding hydrogens is 406 g/mol. The van der Waals surface area contributed by atoms with Gasteiger partial charge in [-0.2, -0.15) is 0 Å². The maximum atomic E-state index is 13.2. The molecule has 6 heteroatoms. The van der Waals surface area contributed by atoms with Gasteiger partial charge in [-0.15, -0.1) is 0 Å². The molecule has 1 aliphatic carbocycles. The first-order valence-corrected chi connectivity index (χ1v) is 11.2. The third-order valence-corrected chi connectivity index (χ3v) is 6.56. The van der Waals surface area contributed by atoms with E-state index in [1.807, 2.05) is 29.2 Å². The van der Waals surface area contributed by atoms with Gasteiger partial charge in [0.15, 0.2) is 0 Å². The largest absolute Gasteiger partial charge is 0.463 e. The first-order chi connectivity index (χ1) is 15.7. The molecule has 0 N–H and O–H groups in total. The van der Waals surface area contributed by atoms with Crippen LogP contribution >= 0.6 is 0 Å². The first kappa shape index (κ1) is 20.8. The van der Waals surface area contributed by atoms with Gasteiger partial charge in [0.2, 0.25) is 0 Å². The molecule has 2 aromatic carbocycles. The number of hydrogen-bond acceptors (Lipinski definition) is 5. The molecule has 166 valence electrons. The van der Waals surface area contributed by atoms with Crippen LogP contribution in [0, 0.1) is 0 Å². The van der Waals surface area contributed by atoms with E-state index >= 15 is 0 Å². The van der Waals surface area contributed by atoms with E-state index in [9.17, 15) is 9.59 Å². The third kappa shape index (κ3) is 3.79. The van der Waals surface area contributed by atoms with Crippen molar-refractivity contribution in [1.82, 2.24) is 4.90 Å². The first-order valence-electron chi connectivity index (χ1n) is 11.2. The van der Waals surface area contributed by atoms with E-state index in [1.54, 1.807) is 13.0 Å². The fraction of sp³-hybridized carbons (Fsp3) is 0.385. The third-order valence-electron chi connectivity index (χ3n) is 6.56. The Morgan fingerprint density at radius 3 is 2.16 bits per heavy atom. The summed E-state index contributed by atoms with van der Waals surface area (Å²) in [6.07, 6.45) is 2.46. The van der Waals surface area contributed by atoms with Crippen LogP contribution in [0.2, 0.25) is 0 Å². The van der Waals surface area contributed by atoms with Gasteiger partial charge in [-0.1, -0.05) is 54.1 Å². The molecule has 2 unspecified atom stereocenters. The van der Waals surface area contributed by atoms with Crippen molar-refractivity contribution >= 4 is 12.1 Å². The number of esters is 1. The topological polar surface area (TPSA) is 65.1 Å². The molecule has 2 heterocycles. The highest BCUT2D eigenvalue weighted by atomic mass is 16.6. The van der Waals surface area contributed by atoms with Crippen LogP contribution in [0.5, 0.6) is 0 Å². The molecule has 0 radical (unpaired) electrons. The summed E-state index contributed by atoms with van der Waals surface area (Å²) in [5.74, 6) is -0.289. The predicted octanol–water partition coefficient (Wildman–Crippen LogP) is 4.29. The number of ether oxygens (including phenoxy) is 3. The zero-order valence-corrected chi connectivity index (χ0v) is 18.2. The zero-order chi connectivity index (χ0) is 22.1. The second-order valence-corrected chi connectivity index (χ2v) is 8.52. The van der Waals surface area contributed by atoms with Crippen molar-refractivity contribution in [1.29, 1.82) is 0 Å². The van der Waals surface area contributed by atoms with Gasteiger partial charge in [-0.05, 0) is 42.0 Å². The Balaban J connectivity index is 1.30. The molecule has 0 spiro atoms. The number of carbonyl (C=O) groups excluding carboxylic acids is 2. The van der Waals surface area contributed by atoms with E-state index in [0.29, 0.717) is 39.3 Å². The van der Waals surface area contributed by atoms with Crippen LogP contribution in [0.15, 0.2) is 60.2 Å². The average molecular weight is 434 g/mol. The molecule has 6 nitrogen and oxygen atoms in total. The van der Waals surface area contributed by atoms with Gasteiger partial charge in [-0.25, -0.2) is 9.59 Å². The predicted molar refractivity (Wildman–Crippen MR) is 119 cm³/mol. The van der Waals surface area contributed by atoms with Crippen molar-refractivity contribution in [3.63, 3.8) is 0 Å². The quantitative estimate of drug-likeness (QED) is 0.532. The van der Waals surface area contributed by atoms with Gasteiger partial charge in [-0.3, -0.25) is 4.90 Å². The fourth-order valence-corrected chi connectivity index (χ4v) is 5.24. The summed E-state index contributed by atoms with van der Waals surface area (Å²) in [6, 6.07) is 16.4. The van der Waals surface area contributed by atoms with Crippen LogP contribution in [-0.4, -0.2) is 55.5 Å². The summed E-state index contributed by atoms with van der Waals surface area (Å²) in [6.45, 7) is 3.33. The Kier molecular flexibility index (Phi) is 5.70. The molecule has 0 saturated carbocycles. The summed E-state index contributed by atoms with van der Waals surface area (Å²) >= 11 is 0. The highest BCUT2D eigenvalue weighted by molar-refractivity contribution is 5.83. The lowest BCUT2D eigenvalue weighted by atomic mass is 9.90. The molecule has 2 aliphatic heterocycles. The van der Waals surface area contributed by atoms with Crippen molar-refractivity contribution in [2.24, 2.45) is 0 Å². The van der Waals surface area contributed by atoms with Gasteiger partial charge in [0.1, 0.15) is 6.61 Å². The zero-order valence-electron chi connectivity index (χ0n) is 18.2. The SMILES string of the molecule is CCOC(=O)C=C1CC2COCC(C1)N2C(=O)OCC1c2ccccc2-c2ccccc21. The van der Waals surface area contributed by atoms with Crippen LogP contribution in [0.25, 0.3) is 11.1 Å².